The van der Waals surface area contributed by atoms with Gasteiger partial charge in [-0.25, -0.2) is 13.6 Å². The Morgan fingerprint density at radius 3 is 1.76 bits per heavy atom. The molecule has 1 saturated carbocycles. The molecule has 0 aromatic heterocycles. The van der Waals surface area contributed by atoms with Gasteiger partial charge in [-0.2, -0.15) is 0 Å². The number of alkyl halides is 2. The first-order chi connectivity index (χ1) is 43.4. The lowest BCUT2D eigenvalue weighted by Crippen LogP contribution is -2.57. The van der Waals surface area contributed by atoms with E-state index in [1.54, 1.807) is 48.5 Å². The van der Waals surface area contributed by atoms with Gasteiger partial charge in [-0.3, -0.25) is 52.7 Å². The van der Waals surface area contributed by atoms with Crippen LogP contribution in [0.25, 0.3) is 11.1 Å². The molecule has 0 radical (unpaired) electrons. The van der Waals surface area contributed by atoms with Crippen molar-refractivity contribution in [2.45, 2.75) is 207 Å². The highest BCUT2D eigenvalue weighted by Crippen LogP contribution is 2.48. The van der Waals surface area contributed by atoms with Gasteiger partial charge in [0.05, 0.1) is 49.2 Å². The average Bonchev–Trinajstić information content (AvgIpc) is 1.58. The zero-order valence-electron chi connectivity index (χ0n) is 54.7. The Morgan fingerprint density at radius 2 is 1.24 bits per heavy atom. The lowest BCUT2D eigenvalue weighted by Gasteiger charge is -2.30. The summed E-state index contributed by atoms with van der Waals surface area (Å²) < 4.78 is 32.9. The van der Waals surface area contributed by atoms with Gasteiger partial charge < -0.3 is 58.3 Å². The van der Waals surface area contributed by atoms with Gasteiger partial charge in [0.1, 0.15) is 23.7 Å². The lowest BCUT2D eigenvalue weighted by molar-refractivity contribution is -0.157. The zero-order chi connectivity index (χ0) is 68.9. The maximum Gasteiger partial charge on any atom is 0.329 e. The van der Waals surface area contributed by atoms with Crippen LogP contribution in [0.3, 0.4) is 0 Å². The Morgan fingerprint density at radius 1 is 0.696 bits per heavy atom. The Kier molecular flexibility index (Phi) is 30.3. The SMILES string of the molecule is CC[C@H](C)[C@H](NC(=O)[C@H](N)Cc1ccc(-c2ccccc2)cc1)C(=O)C[C@@H](CO)C(=O)N[C@H](CCC(N)=O)C(=O)C[C@@H](C(=O)N[C@H](C(=O)C[C@@H](CO)C(=O)N[C@H]1C(=O)C[C@@H](C)C(=O)N[C@@]2(C[C@H]2CC(F)F)C(=O)N[C@@H]([C@@H](C)CC)C(=O)O[C@H]1C)[C@@H](C)CC)[C@@H](C)CC. The van der Waals surface area contributed by atoms with Crippen LogP contribution in [0.15, 0.2) is 54.6 Å². The Labute approximate surface area is 537 Å². The molecule has 7 amide bonds. The second-order valence-corrected chi connectivity index (χ2v) is 25.5. The standard InChI is InChI=1S/C67H98F2N8O15/c1-11-35(5)47(31-50(80)49(24-25-55(71)84)72-61(86)44(33-78)28-53(83)57(37(7)13-3)74-64(89)48(70)27-41-20-22-43(23-21-41)42-18-16-15-17-19-42)63(88)73-56(36(6)12-2)52(82)29-45(34-79)62(87)75-59-40(10)92-65(90)58(38(8)14-4)76-66(91)67(32-46(67)30-54(68)69)77-60(85)39(9)26-51(59)81/h15-23,35-40,44-49,54,56-59,78-79H,11-14,24-34,70H2,1-10H3,(H2,71,84)(H,72,86)(H,73,88)(H,74,89)(H,75,87)(H,76,91)(H,77,85)/t35-,36-,37-,38-,39+,40-,44-,45-,46+,47+,48+,49+,56-,57-,58-,59+,67+/m0/s1. The van der Waals surface area contributed by atoms with Crippen molar-refractivity contribution in [3.63, 3.8) is 0 Å². The van der Waals surface area contributed by atoms with Crippen molar-refractivity contribution in [2.75, 3.05) is 13.2 Å². The van der Waals surface area contributed by atoms with Crippen molar-refractivity contribution in [3.05, 3.63) is 60.2 Å². The Hall–Kier alpha value is -7.38. The molecule has 92 heavy (non-hydrogen) atoms. The van der Waals surface area contributed by atoms with E-state index < -0.39 is 230 Å². The molecular formula is C67H98F2N8O15. The molecule has 0 unspecified atom stereocenters. The number of hydrogen-bond donors (Lipinski definition) is 10. The predicted molar refractivity (Wildman–Crippen MR) is 337 cm³/mol. The van der Waals surface area contributed by atoms with E-state index in [2.05, 4.69) is 31.9 Å². The van der Waals surface area contributed by atoms with E-state index in [0.717, 1.165) is 16.7 Å². The number of aliphatic hydroxyl groups excluding tert-OH is 2. The molecule has 2 aromatic rings. The molecular weight excluding hydrogens is 1190 g/mol. The largest absolute Gasteiger partial charge is 0.458 e. The van der Waals surface area contributed by atoms with Gasteiger partial charge in [0, 0.05) is 50.4 Å². The topological polar surface area (TPSA) is 379 Å². The first-order valence-electron chi connectivity index (χ1n) is 32.2. The number of carbonyl (C=O) groups excluding carboxylic acids is 12. The number of Topliss-reactive ketones (excluding diaryl/α,β-unsaturated/α-hetero) is 4. The average molecular weight is 1290 g/mol. The number of primary amides is 1. The molecule has 12 N–H and O–H groups in total. The molecule has 1 aliphatic heterocycles. The summed E-state index contributed by atoms with van der Waals surface area (Å²) in [7, 11) is 0. The van der Waals surface area contributed by atoms with Crippen molar-refractivity contribution >= 4 is 70.5 Å². The fourth-order valence-corrected chi connectivity index (χ4v) is 11.4. The van der Waals surface area contributed by atoms with Crippen LogP contribution in [0.2, 0.25) is 0 Å². The van der Waals surface area contributed by atoms with Gasteiger partial charge in [-0.15, -0.1) is 0 Å². The quantitative estimate of drug-likeness (QED) is 0.0438. The number of esters is 1. The molecule has 17 atom stereocenters. The molecule has 1 aliphatic carbocycles. The van der Waals surface area contributed by atoms with Crippen LogP contribution in [-0.4, -0.2) is 148 Å². The van der Waals surface area contributed by atoms with Crippen molar-refractivity contribution in [3.8, 4) is 11.1 Å². The van der Waals surface area contributed by atoms with Gasteiger partial charge >= 0.3 is 5.97 Å². The second kappa shape index (κ2) is 36.2. The predicted octanol–water partition coefficient (Wildman–Crippen LogP) is 3.88. The van der Waals surface area contributed by atoms with E-state index in [9.17, 15) is 76.5 Å². The van der Waals surface area contributed by atoms with Crippen molar-refractivity contribution < 1.29 is 81.3 Å². The van der Waals surface area contributed by atoms with E-state index in [4.69, 9.17) is 16.2 Å². The van der Waals surface area contributed by atoms with Crippen molar-refractivity contribution in [2.24, 2.45) is 64.7 Å². The molecule has 0 bridgehead atoms. The van der Waals surface area contributed by atoms with Crippen LogP contribution in [0.1, 0.15) is 152 Å². The van der Waals surface area contributed by atoms with Crippen LogP contribution in [0.4, 0.5) is 8.78 Å². The summed E-state index contributed by atoms with van der Waals surface area (Å²) in [6, 6.07) is 9.25. The van der Waals surface area contributed by atoms with Gasteiger partial charge in [-0.05, 0) is 72.5 Å². The van der Waals surface area contributed by atoms with Crippen molar-refractivity contribution in [1.29, 1.82) is 0 Å². The summed E-state index contributed by atoms with van der Waals surface area (Å²) in [4.78, 5) is 167. The minimum absolute atomic E-state index is 0.147. The first-order valence-corrected chi connectivity index (χ1v) is 32.2. The van der Waals surface area contributed by atoms with Crippen LogP contribution in [0.5, 0.6) is 0 Å². The monoisotopic (exact) mass is 1290 g/mol. The third kappa shape index (κ3) is 21.6. The molecule has 510 valence electrons. The number of nitrogens with one attached hydrogen (secondary N) is 6. The van der Waals surface area contributed by atoms with Crippen LogP contribution < -0.4 is 43.4 Å². The summed E-state index contributed by atoms with van der Waals surface area (Å²) in [6.07, 6.45) is -6.75. The fourth-order valence-electron chi connectivity index (χ4n) is 11.4. The highest BCUT2D eigenvalue weighted by molar-refractivity contribution is 6.01. The number of rotatable bonds is 35. The number of benzene rings is 2. The molecule has 4 rings (SSSR count). The summed E-state index contributed by atoms with van der Waals surface area (Å²) in [5, 5.41) is 36.9. The second-order valence-electron chi connectivity index (χ2n) is 25.5. The third-order valence-corrected chi connectivity index (χ3v) is 18.6. The fraction of sp³-hybridized carbons (Fsp3) is 0.642. The van der Waals surface area contributed by atoms with E-state index in [1.807, 2.05) is 61.5 Å². The van der Waals surface area contributed by atoms with Gasteiger partial charge in [0.25, 0.3) is 0 Å². The Bertz CT molecular complexity index is 2900. The number of cyclic esters (lactones) is 1. The highest BCUT2D eigenvalue weighted by Gasteiger charge is 2.62. The molecule has 1 heterocycles. The Balaban J connectivity index is 1.50. The van der Waals surface area contributed by atoms with E-state index in [-0.39, 0.29) is 19.3 Å². The summed E-state index contributed by atoms with van der Waals surface area (Å²) in [6.45, 7) is 14.5. The lowest BCUT2D eigenvalue weighted by atomic mass is 9.83. The van der Waals surface area contributed by atoms with E-state index in [0.29, 0.717) is 25.7 Å². The number of ether oxygens (including phenoxy) is 1. The van der Waals surface area contributed by atoms with Crippen LogP contribution >= 0.6 is 0 Å². The first kappa shape index (κ1) is 77.1. The smallest absolute Gasteiger partial charge is 0.329 e. The summed E-state index contributed by atoms with van der Waals surface area (Å²) >= 11 is 0. The van der Waals surface area contributed by atoms with Crippen molar-refractivity contribution in [1.82, 2.24) is 31.9 Å². The number of hydrogen-bond acceptors (Lipinski definition) is 16. The summed E-state index contributed by atoms with van der Waals surface area (Å²) in [5.41, 5.74) is 12.8. The molecule has 2 aromatic carbocycles. The molecule has 1 spiro atoms. The molecule has 2 aliphatic rings. The molecule has 1 saturated heterocycles. The normalized spacial score (nSPS) is 23.1. The molecule has 25 heteroatoms. The number of carbonyl (C=O) groups is 12. The third-order valence-electron chi connectivity index (χ3n) is 18.6. The number of aliphatic hydroxyl groups is 2. The highest BCUT2D eigenvalue weighted by atomic mass is 19.3. The van der Waals surface area contributed by atoms with E-state index in [1.165, 1.54) is 13.8 Å². The zero-order valence-corrected chi connectivity index (χ0v) is 54.7. The van der Waals surface area contributed by atoms with Crippen LogP contribution in [0, 0.1) is 53.3 Å². The number of nitrogens with two attached hydrogens (primary N) is 2. The minimum Gasteiger partial charge on any atom is -0.458 e. The number of halogens is 2. The van der Waals surface area contributed by atoms with Gasteiger partial charge in [0.2, 0.25) is 47.8 Å². The van der Waals surface area contributed by atoms with E-state index >= 15 is 0 Å². The van der Waals surface area contributed by atoms with Crippen LogP contribution in [-0.2, 0) is 68.7 Å². The maximum atomic E-state index is 14.5. The minimum atomic E-state index is -2.81. The summed E-state index contributed by atoms with van der Waals surface area (Å²) in [5.74, 6) is -18.3. The number of ketones is 4. The maximum absolute atomic E-state index is 14.5. The number of amides is 7. The van der Waals surface area contributed by atoms with Gasteiger partial charge in [-0.1, -0.05) is 143 Å². The van der Waals surface area contributed by atoms with Gasteiger partial charge in [0.15, 0.2) is 23.1 Å². The molecule has 2 fully saturated rings. The molecule has 23 nitrogen and oxygen atoms in total.